The van der Waals surface area contributed by atoms with E-state index in [-0.39, 0.29) is 15.7 Å². The van der Waals surface area contributed by atoms with Crippen LogP contribution in [0.15, 0.2) is 18.2 Å². The van der Waals surface area contributed by atoms with Crippen molar-refractivity contribution in [2.24, 2.45) is 0 Å². The molecular weight excluding hydrogens is 239 g/mol. The first-order valence-corrected chi connectivity index (χ1v) is 4.44. The first-order valence-electron chi connectivity index (χ1n) is 4.44. The molecule has 0 aliphatic heterocycles. The van der Waals surface area contributed by atoms with Crippen molar-refractivity contribution in [3.63, 3.8) is 0 Å². The van der Waals surface area contributed by atoms with Crippen LogP contribution in [-0.4, -0.2) is 34.2 Å². The molecule has 2 rings (SSSR count). The van der Waals surface area contributed by atoms with Crippen molar-refractivity contribution < 1.29 is 22.7 Å². The highest BCUT2D eigenvalue weighted by atomic mass is 19.4. The zero-order chi connectivity index (χ0) is 12.6. The first kappa shape index (κ1) is 11.4. The third kappa shape index (κ3) is 1.93. The van der Waals surface area contributed by atoms with Gasteiger partial charge < -0.3 is 4.74 Å². The number of carbonyl (C=O) groups excluding carboxylic acids is 1. The average molecular weight is 245 g/mol. The lowest BCUT2D eigenvalue weighted by atomic mass is 10.3. The SMILES string of the molecule is COc1ccc2c(c1)nnn2C(=O)C(F)(F)F. The molecule has 0 unspecified atom stereocenters. The number of rotatable bonds is 1. The summed E-state index contributed by atoms with van der Waals surface area (Å²) in [6, 6.07) is 4.10. The maximum atomic E-state index is 12.2. The van der Waals surface area contributed by atoms with E-state index in [9.17, 15) is 18.0 Å². The normalized spacial score (nSPS) is 11.8. The molecule has 0 bridgehead atoms. The summed E-state index contributed by atoms with van der Waals surface area (Å²) in [6.07, 6.45) is -4.99. The topological polar surface area (TPSA) is 57.0 Å². The minimum atomic E-state index is -4.99. The third-order valence-electron chi connectivity index (χ3n) is 2.09. The monoisotopic (exact) mass is 245 g/mol. The van der Waals surface area contributed by atoms with E-state index in [2.05, 4.69) is 10.3 Å². The molecule has 0 saturated heterocycles. The van der Waals surface area contributed by atoms with Crippen molar-refractivity contribution in [1.29, 1.82) is 0 Å². The highest BCUT2D eigenvalue weighted by Gasteiger charge is 2.41. The molecule has 90 valence electrons. The van der Waals surface area contributed by atoms with Gasteiger partial charge in [0.25, 0.3) is 0 Å². The number of alkyl halides is 3. The van der Waals surface area contributed by atoms with Crippen molar-refractivity contribution in [3.8, 4) is 5.75 Å². The molecular formula is C9H6F3N3O2. The molecule has 1 aromatic heterocycles. The van der Waals surface area contributed by atoms with Gasteiger partial charge >= 0.3 is 12.1 Å². The van der Waals surface area contributed by atoms with Gasteiger partial charge in [-0.05, 0) is 12.1 Å². The Labute approximate surface area is 92.8 Å². The van der Waals surface area contributed by atoms with E-state index in [1.165, 1.54) is 25.3 Å². The number of hydrogen-bond acceptors (Lipinski definition) is 4. The van der Waals surface area contributed by atoms with Gasteiger partial charge in [-0.3, -0.25) is 4.79 Å². The predicted molar refractivity (Wildman–Crippen MR) is 50.8 cm³/mol. The summed E-state index contributed by atoms with van der Waals surface area (Å²) in [4.78, 5) is 11.0. The van der Waals surface area contributed by atoms with E-state index < -0.39 is 12.1 Å². The smallest absolute Gasteiger partial charge is 0.473 e. The average Bonchev–Trinajstić information content (AvgIpc) is 2.69. The molecule has 1 heterocycles. The molecule has 0 aliphatic rings. The summed E-state index contributed by atoms with van der Waals surface area (Å²) in [5.41, 5.74) is 0.134. The van der Waals surface area contributed by atoms with E-state index in [1.54, 1.807) is 0 Å². The zero-order valence-electron chi connectivity index (χ0n) is 8.52. The van der Waals surface area contributed by atoms with Crippen LogP contribution < -0.4 is 4.74 Å². The lowest BCUT2D eigenvalue weighted by Crippen LogP contribution is -2.29. The highest BCUT2D eigenvalue weighted by molar-refractivity contribution is 5.92. The van der Waals surface area contributed by atoms with Crippen LogP contribution in [0, 0.1) is 0 Å². The molecule has 0 radical (unpaired) electrons. The summed E-state index contributed by atoms with van der Waals surface area (Å²) in [5, 5.41) is 6.65. The number of nitrogens with zero attached hydrogens (tertiary/aromatic N) is 3. The van der Waals surface area contributed by atoms with Gasteiger partial charge in [0.2, 0.25) is 0 Å². The van der Waals surface area contributed by atoms with Gasteiger partial charge in [0.05, 0.1) is 12.6 Å². The van der Waals surface area contributed by atoms with Crippen LogP contribution in [0.3, 0.4) is 0 Å². The second kappa shape index (κ2) is 3.72. The number of aromatic nitrogens is 3. The zero-order valence-corrected chi connectivity index (χ0v) is 8.52. The van der Waals surface area contributed by atoms with Crippen LogP contribution in [0.5, 0.6) is 5.75 Å². The van der Waals surface area contributed by atoms with Crippen LogP contribution >= 0.6 is 0 Å². The Morgan fingerprint density at radius 2 is 2.12 bits per heavy atom. The van der Waals surface area contributed by atoms with Crippen LogP contribution in [0.25, 0.3) is 11.0 Å². The summed E-state index contributed by atoms with van der Waals surface area (Å²) < 4.78 is 41.8. The third-order valence-corrected chi connectivity index (χ3v) is 2.09. The molecule has 0 N–H and O–H groups in total. The molecule has 0 spiro atoms. The molecule has 8 heteroatoms. The Hall–Kier alpha value is -2.12. The van der Waals surface area contributed by atoms with E-state index in [4.69, 9.17) is 4.74 Å². The Balaban J connectivity index is 2.54. The quantitative estimate of drug-likeness (QED) is 0.766. The second-order valence-electron chi connectivity index (χ2n) is 3.16. The molecule has 17 heavy (non-hydrogen) atoms. The van der Waals surface area contributed by atoms with E-state index in [0.29, 0.717) is 5.75 Å². The van der Waals surface area contributed by atoms with Gasteiger partial charge in [0.15, 0.2) is 0 Å². The Morgan fingerprint density at radius 1 is 1.41 bits per heavy atom. The molecule has 0 aliphatic carbocycles. The number of methoxy groups -OCH3 is 1. The minimum Gasteiger partial charge on any atom is -0.497 e. The fourth-order valence-corrected chi connectivity index (χ4v) is 1.30. The lowest BCUT2D eigenvalue weighted by Gasteiger charge is -2.04. The number of carbonyl (C=O) groups is 1. The summed E-state index contributed by atoms with van der Waals surface area (Å²) in [7, 11) is 1.41. The maximum Gasteiger partial charge on any atom is 0.473 e. The molecule has 0 atom stereocenters. The molecule has 2 aromatic rings. The number of ether oxygens (including phenoxy) is 1. The number of benzene rings is 1. The van der Waals surface area contributed by atoms with Crippen LogP contribution in [-0.2, 0) is 0 Å². The summed E-state index contributed by atoms with van der Waals surface area (Å²) in [5.74, 6) is -1.66. The van der Waals surface area contributed by atoms with Crippen molar-refractivity contribution in [2.45, 2.75) is 6.18 Å². The number of hydrogen-bond donors (Lipinski definition) is 0. The predicted octanol–water partition coefficient (Wildman–Crippen LogP) is 1.64. The van der Waals surface area contributed by atoms with E-state index in [0.717, 1.165) is 0 Å². The van der Waals surface area contributed by atoms with Gasteiger partial charge in [-0.2, -0.15) is 17.9 Å². The molecule has 0 fully saturated rings. The van der Waals surface area contributed by atoms with Crippen LogP contribution in [0.2, 0.25) is 0 Å². The Morgan fingerprint density at radius 3 is 2.71 bits per heavy atom. The summed E-state index contributed by atoms with van der Waals surface area (Å²) in [6.45, 7) is 0. The van der Waals surface area contributed by atoms with Crippen LogP contribution in [0.4, 0.5) is 13.2 Å². The molecule has 0 amide bonds. The molecule has 1 aromatic carbocycles. The Bertz CT molecular complexity index is 576. The van der Waals surface area contributed by atoms with Gasteiger partial charge in [0, 0.05) is 6.07 Å². The molecule has 5 nitrogen and oxygen atoms in total. The Kier molecular flexibility index (Phi) is 2.49. The summed E-state index contributed by atoms with van der Waals surface area (Å²) >= 11 is 0. The minimum absolute atomic E-state index is 0.0203. The number of fused-ring (bicyclic) bond motifs is 1. The lowest BCUT2D eigenvalue weighted by molar-refractivity contribution is -0.0953. The fraction of sp³-hybridized carbons (Fsp3) is 0.222. The van der Waals surface area contributed by atoms with E-state index >= 15 is 0 Å². The van der Waals surface area contributed by atoms with Crippen LogP contribution in [0.1, 0.15) is 4.79 Å². The fourth-order valence-electron chi connectivity index (χ4n) is 1.30. The highest BCUT2D eigenvalue weighted by Crippen LogP contribution is 2.22. The van der Waals surface area contributed by atoms with Gasteiger partial charge in [-0.1, -0.05) is 5.21 Å². The van der Waals surface area contributed by atoms with Gasteiger partial charge in [-0.25, -0.2) is 0 Å². The molecule has 0 saturated carbocycles. The first-order chi connectivity index (χ1) is 7.93. The van der Waals surface area contributed by atoms with Crippen molar-refractivity contribution >= 4 is 16.9 Å². The van der Waals surface area contributed by atoms with E-state index in [1.807, 2.05) is 0 Å². The largest absolute Gasteiger partial charge is 0.497 e. The van der Waals surface area contributed by atoms with Crippen molar-refractivity contribution in [2.75, 3.05) is 7.11 Å². The maximum absolute atomic E-state index is 12.2. The second-order valence-corrected chi connectivity index (χ2v) is 3.16. The number of halogens is 3. The van der Waals surface area contributed by atoms with Crippen molar-refractivity contribution in [3.05, 3.63) is 18.2 Å². The van der Waals surface area contributed by atoms with Crippen molar-refractivity contribution in [1.82, 2.24) is 15.0 Å². The van der Waals surface area contributed by atoms with Gasteiger partial charge in [-0.15, -0.1) is 5.10 Å². The van der Waals surface area contributed by atoms with Gasteiger partial charge in [0.1, 0.15) is 11.3 Å². The standard InChI is InChI=1S/C9H6F3N3O2/c1-17-5-2-3-7-6(4-5)13-14-15(7)8(16)9(10,11)12/h2-4H,1H3.